The highest BCUT2D eigenvalue weighted by molar-refractivity contribution is 7.89. The number of hydrogen-bond donors (Lipinski definition) is 2. The molecule has 0 radical (unpaired) electrons. The molecule has 1 unspecified atom stereocenters. The SMILES string of the molecule is COC(=O)c1sccc1S(=O)(=O)NC1CCNC1. The number of methoxy groups -OCH3 is 1. The van der Waals surface area contributed by atoms with E-state index in [1.165, 1.54) is 13.2 Å². The van der Waals surface area contributed by atoms with E-state index in [1.54, 1.807) is 5.38 Å². The number of sulfonamides is 1. The maximum absolute atomic E-state index is 12.2. The molecule has 1 aliphatic heterocycles. The minimum atomic E-state index is -3.67. The molecule has 8 heteroatoms. The minimum Gasteiger partial charge on any atom is -0.465 e. The van der Waals surface area contributed by atoms with Crippen molar-refractivity contribution in [1.29, 1.82) is 0 Å². The van der Waals surface area contributed by atoms with Crippen molar-refractivity contribution in [1.82, 2.24) is 10.0 Å². The van der Waals surface area contributed by atoms with Gasteiger partial charge in [-0.1, -0.05) is 0 Å². The molecule has 2 heterocycles. The summed E-state index contributed by atoms with van der Waals surface area (Å²) in [6, 6.07) is 1.29. The van der Waals surface area contributed by atoms with Crippen LogP contribution in [0.5, 0.6) is 0 Å². The van der Waals surface area contributed by atoms with Crippen molar-refractivity contribution in [3.05, 3.63) is 16.3 Å². The van der Waals surface area contributed by atoms with Crippen LogP contribution in [0.15, 0.2) is 16.3 Å². The van der Waals surface area contributed by atoms with Crippen molar-refractivity contribution in [2.24, 2.45) is 0 Å². The fraction of sp³-hybridized carbons (Fsp3) is 0.500. The minimum absolute atomic E-state index is 0.00810. The van der Waals surface area contributed by atoms with Gasteiger partial charge < -0.3 is 10.1 Å². The number of esters is 1. The number of rotatable bonds is 4. The van der Waals surface area contributed by atoms with E-state index < -0.39 is 16.0 Å². The topological polar surface area (TPSA) is 84.5 Å². The molecule has 0 saturated carbocycles. The predicted molar refractivity (Wildman–Crippen MR) is 67.3 cm³/mol. The first-order valence-corrected chi connectivity index (χ1v) is 7.80. The monoisotopic (exact) mass is 290 g/mol. The van der Waals surface area contributed by atoms with Gasteiger partial charge in [0.2, 0.25) is 10.0 Å². The number of ether oxygens (including phenoxy) is 1. The van der Waals surface area contributed by atoms with Crippen LogP contribution >= 0.6 is 11.3 Å². The fourth-order valence-corrected chi connectivity index (χ4v) is 4.39. The molecule has 1 saturated heterocycles. The van der Waals surface area contributed by atoms with Gasteiger partial charge in [-0.05, 0) is 24.4 Å². The van der Waals surface area contributed by atoms with Crippen LogP contribution in [0, 0.1) is 0 Å². The molecule has 100 valence electrons. The van der Waals surface area contributed by atoms with Crippen molar-refractivity contribution in [3.8, 4) is 0 Å². The molecular formula is C10H14N2O4S2. The van der Waals surface area contributed by atoms with E-state index in [0.717, 1.165) is 24.3 Å². The fourth-order valence-electron chi connectivity index (χ4n) is 1.79. The van der Waals surface area contributed by atoms with Gasteiger partial charge in [-0.3, -0.25) is 0 Å². The van der Waals surface area contributed by atoms with E-state index in [1.807, 2.05) is 0 Å². The zero-order valence-corrected chi connectivity index (χ0v) is 11.4. The maximum atomic E-state index is 12.2. The second kappa shape index (κ2) is 5.35. The van der Waals surface area contributed by atoms with E-state index >= 15 is 0 Å². The van der Waals surface area contributed by atoms with Crippen LogP contribution in [-0.2, 0) is 14.8 Å². The molecule has 1 atom stereocenters. The van der Waals surface area contributed by atoms with Crippen LogP contribution in [0.1, 0.15) is 16.1 Å². The van der Waals surface area contributed by atoms with E-state index in [-0.39, 0.29) is 15.8 Å². The van der Waals surface area contributed by atoms with Crippen molar-refractivity contribution >= 4 is 27.3 Å². The first-order chi connectivity index (χ1) is 8.54. The van der Waals surface area contributed by atoms with Crippen LogP contribution in [0.2, 0.25) is 0 Å². The van der Waals surface area contributed by atoms with Crippen molar-refractivity contribution < 1.29 is 17.9 Å². The Morgan fingerprint density at radius 1 is 1.61 bits per heavy atom. The normalized spacial score (nSPS) is 19.9. The van der Waals surface area contributed by atoms with Gasteiger partial charge in [0.05, 0.1) is 7.11 Å². The summed E-state index contributed by atoms with van der Waals surface area (Å²) >= 11 is 1.06. The second-order valence-corrected chi connectivity index (χ2v) is 6.52. The highest BCUT2D eigenvalue weighted by Crippen LogP contribution is 2.23. The third kappa shape index (κ3) is 2.72. The van der Waals surface area contributed by atoms with Gasteiger partial charge in [0, 0.05) is 12.6 Å². The quantitative estimate of drug-likeness (QED) is 0.773. The number of thiophene rings is 1. The Labute approximate surface area is 109 Å². The average Bonchev–Trinajstić information content (AvgIpc) is 2.97. The largest absolute Gasteiger partial charge is 0.465 e. The summed E-state index contributed by atoms with van der Waals surface area (Å²) in [4.78, 5) is 11.6. The Morgan fingerprint density at radius 2 is 2.39 bits per heavy atom. The number of nitrogens with one attached hydrogen (secondary N) is 2. The molecule has 0 bridgehead atoms. The van der Waals surface area contributed by atoms with Gasteiger partial charge in [-0.25, -0.2) is 17.9 Å². The van der Waals surface area contributed by atoms with Crippen LogP contribution in [0.3, 0.4) is 0 Å². The van der Waals surface area contributed by atoms with Crippen LogP contribution in [0.4, 0.5) is 0 Å². The molecule has 1 aromatic heterocycles. The zero-order valence-electron chi connectivity index (χ0n) is 9.80. The molecule has 0 spiro atoms. The summed E-state index contributed by atoms with van der Waals surface area (Å²) in [5.74, 6) is -0.630. The van der Waals surface area contributed by atoms with E-state index in [9.17, 15) is 13.2 Å². The Bertz CT molecular complexity index is 532. The highest BCUT2D eigenvalue weighted by Gasteiger charge is 2.28. The Kier molecular flexibility index (Phi) is 4.00. The maximum Gasteiger partial charge on any atom is 0.349 e. The predicted octanol–water partition coefficient (Wildman–Crippen LogP) is 0.175. The van der Waals surface area contributed by atoms with E-state index in [0.29, 0.717) is 6.54 Å². The van der Waals surface area contributed by atoms with Gasteiger partial charge in [-0.2, -0.15) is 0 Å². The van der Waals surface area contributed by atoms with Crippen molar-refractivity contribution in [2.75, 3.05) is 20.2 Å². The van der Waals surface area contributed by atoms with E-state index in [2.05, 4.69) is 14.8 Å². The van der Waals surface area contributed by atoms with Gasteiger partial charge in [0.15, 0.2) is 0 Å². The molecule has 0 amide bonds. The van der Waals surface area contributed by atoms with Crippen LogP contribution in [0.25, 0.3) is 0 Å². The lowest BCUT2D eigenvalue weighted by Gasteiger charge is -2.11. The number of carbonyl (C=O) groups excluding carboxylic acids is 1. The second-order valence-electron chi connectivity index (χ2n) is 3.92. The summed E-state index contributed by atoms with van der Waals surface area (Å²) in [5.41, 5.74) is 0. The Balaban J connectivity index is 2.24. The molecule has 2 rings (SSSR count). The standard InChI is InChI=1S/C10H14N2O4S2/c1-16-10(13)9-8(3-5-17-9)18(14,15)12-7-2-4-11-6-7/h3,5,7,11-12H,2,4,6H2,1H3. The van der Waals surface area contributed by atoms with Gasteiger partial charge >= 0.3 is 5.97 Å². The molecule has 2 N–H and O–H groups in total. The zero-order chi connectivity index (χ0) is 13.2. The summed E-state index contributed by atoms with van der Waals surface area (Å²) in [5, 5.41) is 4.64. The molecule has 1 aliphatic rings. The van der Waals surface area contributed by atoms with E-state index in [4.69, 9.17) is 0 Å². The Morgan fingerprint density at radius 3 is 3.00 bits per heavy atom. The summed E-state index contributed by atoms with van der Waals surface area (Å²) in [6.45, 7) is 1.40. The molecule has 0 aromatic carbocycles. The molecule has 18 heavy (non-hydrogen) atoms. The molecular weight excluding hydrogens is 276 g/mol. The number of carbonyl (C=O) groups is 1. The van der Waals surface area contributed by atoms with Gasteiger partial charge in [0.25, 0.3) is 0 Å². The third-order valence-corrected chi connectivity index (χ3v) is 5.26. The summed E-state index contributed by atoms with van der Waals surface area (Å²) in [6.07, 6.45) is 0.747. The lowest BCUT2D eigenvalue weighted by Crippen LogP contribution is -2.36. The molecule has 1 aromatic rings. The van der Waals surface area contributed by atoms with Gasteiger partial charge in [-0.15, -0.1) is 11.3 Å². The summed E-state index contributed by atoms with van der Waals surface area (Å²) < 4.78 is 31.5. The summed E-state index contributed by atoms with van der Waals surface area (Å²) in [7, 11) is -2.44. The van der Waals surface area contributed by atoms with Crippen LogP contribution in [-0.4, -0.2) is 40.6 Å². The molecule has 6 nitrogen and oxygen atoms in total. The third-order valence-electron chi connectivity index (χ3n) is 2.67. The first kappa shape index (κ1) is 13.5. The first-order valence-electron chi connectivity index (χ1n) is 5.43. The molecule has 1 fully saturated rings. The van der Waals surface area contributed by atoms with Crippen molar-refractivity contribution in [3.63, 3.8) is 0 Å². The van der Waals surface area contributed by atoms with Crippen LogP contribution < -0.4 is 10.0 Å². The lowest BCUT2D eigenvalue weighted by molar-refractivity contribution is 0.0602. The van der Waals surface area contributed by atoms with Gasteiger partial charge in [0.1, 0.15) is 9.77 Å². The number of hydrogen-bond acceptors (Lipinski definition) is 6. The molecule has 0 aliphatic carbocycles. The smallest absolute Gasteiger partial charge is 0.349 e. The van der Waals surface area contributed by atoms with Crippen molar-refractivity contribution in [2.45, 2.75) is 17.4 Å². The lowest BCUT2D eigenvalue weighted by atomic mass is 10.3. The highest BCUT2D eigenvalue weighted by atomic mass is 32.2. The Hall–Kier alpha value is -0.960. The average molecular weight is 290 g/mol.